The summed E-state index contributed by atoms with van der Waals surface area (Å²) in [5.41, 5.74) is 6.78. The molecule has 5 heteroatoms. The van der Waals surface area contributed by atoms with Crippen molar-refractivity contribution >= 4 is 11.6 Å². The van der Waals surface area contributed by atoms with Gasteiger partial charge in [-0.05, 0) is 24.1 Å². The summed E-state index contributed by atoms with van der Waals surface area (Å²) in [6.45, 7) is 0.310. The van der Waals surface area contributed by atoms with E-state index in [0.717, 1.165) is 5.56 Å². The van der Waals surface area contributed by atoms with Gasteiger partial charge >= 0.3 is 0 Å². The molecule has 17 heavy (non-hydrogen) atoms. The summed E-state index contributed by atoms with van der Waals surface area (Å²) in [6.07, 6.45) is 0.930. The Bertz CT molecular complexity index is 393. The highest BCUT2D eigenvalue weighted by Crippen LogP contribution is 2.21. The summed E-state index contributed by atoms with van der Waals surface area (Å²) < 4.78 is 0. The van der Waals surface area contributed by atoms with E-state index < -0.39 is 0 Å². The Kier molecular flexibility index (Phi) is 4.78. The van der Waals surface area contributed by atoms with Gasteiger partial charge in [0.25, 0.3) is 0 Å². The fraction of sp³-hybridized carbons (Fsp3) is 0.417. The maximum atomic E-state index is 11.6. The van der Waals surface area contributed by atoms with Crippen LogP contribution in [0.5, 0.6) is 5.75 Å². The van der Waals surface area contributed by atoms with Gasteiger partial charge < -0.3 is 20.8 Å². The van der Waals surface area contributed by atoms with E-state index in [0.29, 0.717) is 25.1 Å². The molecule has 0 saturated heterocycles. The van der Waals surface area contributed by atoms with Crippen molar-refractivity contribution in [3.63, 3.8) is 0 Å². The number of nitrogen functional groups attached to an aromatic ring is 1. The van der Waals surface area contributed by atoms with Crippen LogP contribution in [0, 0.1) is 0 Å². The molecule has 1 rings (SSSR count). The van der Waals surface area contributed by atoms with Crippen LogP contribution in [0.2, 0.25) is 0 Å². The average Bonchev–Trinajstić information content (AvgIpc) is 2.30. The molecule has 0 bridgehead atoms. The smallest absolute Gasteiger partial charge is 0.222 e. The van der Waals surface area contributed by atoms with Crippen LogP contribution in [0.4, 0.5) is 5.69 Å². The Morgan fingerprint density at radius 2 is 2.18 bits per heavy atom. The van der Waals surface area contributed by atoms with Crippen molar-refractivity contribution in [2.24, 2.45) is 0 Å². The van der Waals surface area contributed by atoms with Crippen molar-refractivity contribution in [3.05, 3.63) is 23.8 Å². The van der Waals surface area contributed by atoms with Gasteiger partial charge in [-0.15, -0.1) is 0 Å². The highest BCUT2D eigenvalue weighted by molar-refractivity contribution is 5.76. The van der Waals surface area contributed by atoms with E-state index in [9.17, 15) is 9.90 Å². The number of hydrogen-bond donors (Lipinski definition) is 3. The van der Waals surface area contributed by atoms with Crippen molar-refractivity contribution in [1.29, 1.82) is 0 Å². The van der Waals surface area contributed by atoms with Crippen molar-refractivity contribution in [3.8, 4) is 5.75 Å². The van der Waals surface area contributed by atoms with Crippen molar-refractivity contribution in [2.45, 2.75) is 12.8 Å². The molecule has 0 aliphatic carbocycles. The molecule has 0 aliphatic heterocycles. The third-order valence-corrected chi connectivity index (χ3v) is 2.58. The van der Waals surface area contributed by atoms with Crippen LogP contribution >= 0.6 is 0 Å². The first-order valence-electron chi connectivity index (χ1n) is 5.46. The lowest BCUT2D eigenvalue weighted by molar-refractivity contribution is -0.130. The molecule has 1 amide bonds. The molecule has 0 atom stereocenters. The molecule has 0 aromatic heterocycles. The molecule has 0 spiro atoms. The molecule has 0 heterocycles. The molecular weight excluding hydrogens is 220 g/mol. The highest BCUT2D eigenvalue weighted by atomic mass is 16.3. The number of aliphatic hydroxyl groups is 1. The maximum absolute atomic E-state index is 11.6. The monoisotopic (exact) mass is 238 g/mol. The van der Waals surface area contributed by atoms with Gasteiger partial charge in [0.1, 0.15) is 5.75 Å². The second-order valence-corrected chi connectivity index (χ2v) is 3.93. The number of phenolic OH excluding ortho intramolecular Hbond substituents is 1. The molecule has 5 nitrogen and oxygen atoms in total. The quantitative estimate of drug-likeness (QED) is 0.510. The van der Waals surface area contributed by atoms with E-state index in [1.165, 1.54) is 11.0 Å². The van der Waals surface area contributed by atoms with Crippen LogP contribution in [-0.4, -0.2) is 41.2 Å². The number of nitrogens with zero attached hydrogens (tertiary/aromatic N) is 1. The van der Waals surface area contributed by atoms with Crippen LogP contribution in [-0.2, 0) is 11.2 Å². The molecule has 0 fully saturated rings. The first kappa shape index (κ1) is 13.3. The first-order chi connectivity index (χ1) is 8.04. The zero-order valence-electron chi connectivity index (χ0n) is 9.89. The Balaban J connectivity index is 2.50. The number of benzene rings is 1. The number of anilines is 1. The molecule has 4 N–H and O–H groups in total. The Morgan fingerprint density at radius 3 is 2.76 bits per heavy atom. The fourth-order valence-electron chi connectivity index (χ4n) is 1.48. The summed E-state index contributed by atoms with van der Waals surface area (Å²) in [5.74, 6) is 0.0307. The van der Waals surface area contributed by atoms with Crippen molar-refractivity contribution in [1.82, 2.24) is 4.90 Å². The van der Waals surface area contributed by atoms with Gasteiger partial charge in [-0.1, -0.05) is 6.07 Å². The number of aromatic hydroxyl groups is 1. The number of phenols is 1. The predicted molar refractivity (Wildman–Crippen MR) is 65.6 cm³/mol. The molecule has 1 aromatic rings. The lowest BCUT2D eigenvalue weighted by atomic mass is 10.1. The third-order valence-electron chi connectivity index (χ3n) is 2.58. The predicted octanol–water partition coefficient (Wildman–Crippen LogP) is 0.358. The largest absolute Gasteiger partial charge is 0.506 e. The van der Waals surface area contributed by atoms with E-state index in [1.807, 2.05) is 0 Å². The standard InChI is InChI=1S/C12H18N2O3/c1-14(6-7-15)12(17)5-3-9-2-4-11(16)10(13)8-9/h2,4,8,15-16H,3,5-7,13H2,1H3. The van der Waals surface area contributed by atoms with Crippen LogP contribution in [0.3, 0.4) is 0 Å². The summed E-state index contributed by atoms with van der Waals surface area (Å²) in [4.78, 5) is 13.1. The minimum absolute atomic E-state index is 0.0225. The van der Waals surface area contributed by atoms with Crippen LogP contribution in [0.15, 0.2) is 18.2 Å². The summed E-state index contributed by atoms with van der Waals surface area (Å²) >= 11 is 0. The van der Waals surface area contributed by atoms with E-state index >= 15 is 0 Å². The topological polar surface area (TPSA) is 86.8 Å². The van der Waals surface area contributed by atoms with Gasteiger partial charge in [0.2, 0.25) is 5.91 Å². The Morgan fingerprint density at radius 1 is 1.47 bits per heavy atom. The lowest BCUT2D eigenvalue weighted by Gasteiger charge is -2.15. The van der Waals surface area contributed by atoms with E-state index in [4.69, 9.17) is 10.8 Å². The summed E-state index contributed by atoms with van der Waals surface area (Å²) in [5, 5.41) is 18.0. The van der Waals surface area contributed by atoms with Crippen LogP contribution in [0.25, 0.3) is 0 Å². The average molecular weight is 238 g/mol. The molecule has 0 saturated carbocycles. The molecule has 94 valence electrons. The van der Waals surface area contributed by atoms with E-state index in [-0.39, 0.29) is 18.3 Å². The summed E-state index contributed by atoms with van der Waals surface area (Å²) in [7, 11) is 1.66. The van der Waals surface area contributed by atoms with Gasteiger partial charge in [-0.3, -0.25) is 4.79 Å². The number of aliphatic hydroxyl groups excluding tert-OH is 1. The highest BCUT2D eigenvalue weighted by Gasteiger charge is 2.08. The molecule has 0 unspecified atom stereocenters. The minimum atomic E-state index is -0.0333. The zero-order valence-corrected chi connectivity index (χ0v) is 9.89. The number of hydrogen-bond acceptors (Lipinski definition) is 4. The normalized spacial score (nSPS) is 10.2. The second-order valence-electron chi connectivity index (χ2n) is 3.93. The summed E-state index contributed by atoms with van der Waals surface area (Å²) in [6, 6.07) is 4.92. The van der Waals surface area contributed by atoms with Gasteiger partial charge in [-0.25, -0.2) is 0 Å². The van der Waals surface area contributed by atoms with Gasteiger partial charge in [-0.2, -0.15) is 0 Å². The Hall–Kier alpha value is -1.75. The van der Waals surface area contributed by atoms with Gasteiger partial charge in [0, 0.05) is 20.0 Å². The first-order valence-corrected chi connectivity index (χ1v) is 5.46. The molecule has 1 aromatic carbocycles. The molecule has 0 aliphatic rings. The van der Waals surface area contributed by atoms with Gasteiger partial charge in [0.15, 0.2) is 0 Å². The third kappa shape index (κ3) is 3.96. The van der Waals surface area contributed by atoms with E-state index in [2.05, 4.69) is 0 Å². The maximum Gasteiger partial charge on any atom is 0.222 e. The minimum Gasteiger partial charge on any atom is -0.506 e. The SMILES string of the molecule is CN(CCO)C(=O)CCc1ccc(O)c(N)c1. The number of aryl methyl sites for hydroxylation is 1. The number of carbonyl (C=O) groups excluding carboxylic acids is 1. The number of nitrogens with two attached hydrogens (primary N) is 1. The van der Waals surface area contributed by atoms with E-state index in [1.54, 1.807) is 19.2 Å². The van der Waals surface area contributed by atoms with Crippen LogP contribution in [0.1, 0.15) is 12.0 Å². The van der Waals surface area contributed by atoms with Crippen LogP contribution < -0.4 is 5.73 Å². The van der Waals surface area contributed by atoms with Crippen molar-refractivity contribution in [2.75, 3.05) is 25.9 Å². The van der Waals surface area contributed by atoms with Gasteiger partial charge in [0.05, 0.1) is 12.3 Å². The Labute approximate surface area is 100 Å². The number of rotatable bonds is 5. The lowest BCUT2D eigenvalue weighted by Crippen LogP contribution is -2.29. The number of amides is 1. The van der Waals surface area contributed by atoms with Crippen molar-refractivity contribution < 1.29 is 15.0 Å². The number of carbonyl (C=O) groups is 1. The molecular formula is C12H18N2O3. The zero-order chi connectivity index (χ0) is 12.8. The number of likely N-dealkylation sites (N-methyl/N-ethyl adjacent to an activating group) is 1. The fourth-order valence-corrected chi connectivity index (χ4v) is 1.48. The molecule has 0 radical (unpaired) electrons. The second kappa shape index (κ2) is 6.10.